The van der Waals surface area contributed by atoms with Crippen LogP contribution in [-0.4, -0.2) is 49.3 Å². The number of amidine groups is 2. The van der Waals surface area contributed by atoms with Crippen molar-refractivity contribution in [1.29, 1.82) is 0 Å². The summed E-state index contributed by atoms with van der Waals surface area (Å²) in [5.74, 6) is 1.66. The van der Waals surface area contributed by atoms with Gasteiger partial charge >= 0.3 is 6.36 Å². The molecule has 1 aliphatic heterocycles. The molecule has 8 nitrogen and oxygen atoms in total. The highest BCUT2D eigenvalue weighted by Gasteiger charge is 2.31. The molecule has 0 aromatic heterocycles. The monoisotopic (exact) mass is 568 g/mol. The van der Waals surface area contributed by atoms with Gasteiger partial charge in [0.1, 0.15) is 23.7 Å². The number of ether oxygens (including phenoxy) is 2. The summed E-state index contributed by atoms with van der Waals surface area (Å²) >= 11 is 1.66. The van der Waals surface area contributed by atoms with Gasteiger partial charge in [-0.3, -0.25) is 0 Å². The minimum atomic E-state index is -4.74. The molecule has 0 saturated carbocycles. The molecule has 12 heteroatoms. The van der Waals surface area contributed by atoms with Crippen LogP contribution in [0.15, 0.2) is 80.9 Å². The van der Waals surface area contributed by atoms with E-state index in [4.69, 9.17) is 10.5 Å². The molecule has 208 valence electrons. The molecule has 1 heterocycles. The number of aliphatic imine (C=N–C) groups is 2. The van der Waals surface area contributed by atoms with Crippen LogP contribution in [0.4, 0.5) is 24.5 Å². The molecule has 0 radical (unpaired) electrons. The summed E-state index contributed by atoms with van der Waals surface area (Å²) in [6.07, 6.45) is -1.84. The third-order valence-corrected chi connectivity index (χ3v) is 6.72. The van der Waals surface area contributed by atoms with Gasteiger partial charge in [0.15, 0.2) is 5.17 Å². The van der Waals surface area contributed by atoms with Crippen LogP contribution in [-0.2, 0) is 0 Å². The van der Waals surface area contributed by atoms with Gasteiger partial charge < -0.3 is 20.1 Å². The topological polar surface area (TPSA) is 97.2 Å². The van der Waals surface area contributed by atoms with E-state index < -0.39 is 6.36 Å². The fraction of sp³-hybridized carbons (Fsp3) is 0.214. The number of rotatable bonds is 8. The van der Waals surface area contributed by atoms with E-state index in [1.807, 2.05) is 24.3 Å². The fourth-order valence-electron chi connectivity index (χ4n) is 4.00. The Morgan fingerprint density at radius 3 is 2.30 bits per heavy atom. The third kappa shape index (κ3) is 7.63. The Hall–Kier alpha value is -4.32. The maximum atomic E-state index is 12.3. The van der Waals surface area contributed by atoms with Crippen molar-refractivity contribution in [2.75, 3.05) is 24.3 Å². The quantitative estimate of drug-likeness (QED) is 0.198. The van der Waals surface area contributed by atoms with Gasteiger partial charge in [-0.05, 0) is 66.9 Å². The van der Waals surface area contributed by atoms with Crippen LogP contribution in [0, 0.1) is 13.8 Å². The molecule has 40 heavy (non-hydrogen) atoms. The lowest BCUT2D eigenvalue weighted by molar-refractivity contribution is -0.274. The number of benzene rings is 3. The van der Waals surface area contributed by atoms with Gasteiger partial charge in [0, 0.05) is 23.5 Å². The zero-order valence-electron chi connectivity index (χ0n) is 22.0. The zero-order chi connectivity index (χ0) is 28.7. The second-order valence-electron chi connectivity index (χ2n) is 8.66. The molecule has 0 bridgehead atoms. The number of aryl methyl sites for hydroxylation is 2. The third-order valence-electron chi connectivity index (χ3n) is 5.78. The van der Waals surface area contributed by atoms with Crippen LogP contribution in [0.3, 0.4) is 0 Å². The van der Waals surface area contributed by atoms with Gasteiger partial charge in [0.2, 0.25) is 0 Å². The molecular weight excluding hydrogens is 541 g/mol. The number of alkyl halides is 3. The minimum Gasteiger partial charge on any atom is -0.497 e. The molecule has 4 rings (SSSR count). The van der Waals surface area contributed by atoms with E-state index in [0.29, 0.717) is 11.3 Å². The van der Waals surface area contributed by atoms with Gasteiger partial charge in [0.25, 0.3) is 0 Å². The molecule has 2 N–H and O–H groups in total. The molecule has 0 amide bonds. The largest absolute Gasteiger partial charge is 0.573 e. The fourth-order valence-corrected chi connectivity index (χ4v) is 4.90. The van der Waals surface area contributed by atoms with E-state index in [9.17, 15) is 13.2 Å². The molecule has 3 aromatic rings. The summed E-state index contributed by atoms with van der Waals surface area (Å²) in [5.41, 5.74) is 11.3. The standard InChI is InChI=1S/C28H27F3N6O2S/c1-18-14-24(38-3)15-19(2)25(18)37-12-13-40-27(37)36-35-16-20-4-6-21(7-5-20)26(32)34-17-33-22-8-10-23(11-9-22)39-28(29,30)31/h4-11,14-17H,12-13H2,1-3H3,(H2,32,33,34)/b35-16-,36-27+. The summed E-state index contributed by atoms with van der Waals surface area (Å²) in [4.78, 5) is 10.4. The molecule has 0 spiro atoms. The Morgan fingerprint density at radius 1 is 1.00 bits per heavy atom. The smallest absolute Gasteiger partial charge is 0.497 e. The Labute approximate surface area is 234 Å². The number of nitrogens with two attached hydrogens (primary N) is 1. The number of anilines is 1. The molecule has 3 aromatic carbocycles. The zero-order valence-corrected chi connectivity index (χ0v) is 22.8. The Kier molecular flexibility index (Phi) is 9.10. The van der Waals surface area contributed by atoms with E-state index in [0.717, 1.165) is 45.6 Å². The second-order valence-corrected chi connectivity index (χ2v) is 9.72. The number of hydrogen-bond donors (Lipinski definition) is 1. The van der Waals surface area contributed by atoms with Crippen molar-refractivity contribution >= 4 is 46.7 Å². The summed E-state index contributed by atoms with van der Waals surface area (Å²) in [6.45, 7) is 4.97. The number of halogens is 3. The van der Waals surface area contributed by atoms with Crippen LogP contribution in [0.2, 0.25) is 0 Å². The van der Waals surface area contributed by atoms with Crippen molar-refractivity contribution in [2.45, 2.75) is 20.2 Å². The lowest BCUT2D eigenvalue weighted by Crippen LogP contribution is -2.25. The molecule has 0 unspecified atom stereocenters. The van der Waals surface area contributed by atoms with Crippen LogP contribution in [0.25, 0.3) is 0 Å². The lowest BCUT2D eigenvalue weighted by atomic mass is 10.1. The highest BCUT2D eigenvalue weighted by atomic mass is 32.2. The predicted molar refractivity (Wildman–Crippen MR) is 156 cm³/mol. The van der Waals surface area contributed by atoms with E-state index in [1.165, 1.54) is 30.6 Å². The van der Waals surface area contributed by atoms with E-state index in [-0.39, 0.29) is 11.6 Å². The van der Waals surface area contributed by atoms with Crippen LogP contribution in [0.1, 0.15) is 22.3 Å². The SMILES string of the molecule is COc1cc(C)c(N2CCS/C2=N/N=C\c2ccc(C(N)=NC=Nc3ccc(OC(F)(F)F)cc3)cc2)c(C)c1. The van der Waals surface area contributed by atoms with Gasteiger partial charge in [-0.25, -0.2) is 9.98 Å². The minimum absolute atomic E-state index is 0.229. The summed E-state index contributed by atoms with van der Waals surface area (Å²) in [7, 11) is 1.66. The Bertz CT molecular complexity index is 1430. The molecule has 1 fully saturated rings. The van der Waals surface area contributed by atoms with Crippen molar-refractivity contribution in [1.82, 2.24) is 0 Å². The van der Waals surface area contributed by atoms with Gasteiger partial charge in [-0.2, -0.15) is 5.10 Å². The van der Waals surface area contributed by atoms with Crippen LogP contribution < -0.4 is 20.1 Å². The van der Waals surface area contributed by atoms with E-state index >= 15 is 0 Å². The maximum absolute atomic E-state index is 12.3. The molecular formula is C28H27F3N6O2S. The maximum Gasteiger partial charge on any atom is 0.573 e. The van der Waals surface area contributed by atoms with Crippen molar-refractivity contribution < 1.29 is 22.6 Å². The normalized spacial score (nSPS) is 15.5. The summed E-state index contributed by atoms with van der Waals surface area (Å²) in [6, 6.07) is 16.4. The highest BCUT2D eigenvalue weighted by molar-refractivity contribution is 8.14. The highest BCUT2D eigenvalue weighted by Crippen LogP contribution is 2.34. The van der Waals surface area contributed by atoms with Gasteiger partial charge in [0.05, 0.1) is 19.0 Å². The van der Waals surface area contributed by atoms with E-state index in [1.54, 1.807) is 37.2 Å². The second kappa shape index (κ2) is 12.7. The average molecular weight is 569 g/mol. The first-order chi connectivity index (χ1) is 19.1. The predicted octanol–water partition coefficient (Wildman–Crippen LogP) is 6.22. The van der Waals surface area contributed by atoms with Crippen LogP contribution in [0.5, 0.6) is 11.5 Å². The Morgan fingerprint density at radius 2 is 1.68 bits per heavy atom. The number of hydrogen-bond acceptors (Lipinski definition) is 6. The Balaban J connectivity index is 1.38. The van der Waals surface area contributed by atoms with E-state index in [2.05, 4.69) is 43.7 Å². The number of nitrogens with zero attached hydrogens (tertiary/aromatic N) is 5. The summed E-state index contributed by atoms with van der Waals surface area (Å²) in [5, 5.41) is 9.60. The van der Waals surface area contributed by atoms with Gasteiger partial charge in [-0.15, -0.1) is 18.3 Å². The summed E-state index contributed by atoms with van der Waals surface area (Å²) < 4.78 is 46.0. The lowest BCUT2D eigenvalue weighted by Gasteiger charge is -2.22. The first-order valence-electron chi connectivity index (χ1n) is 12.1. The average Bonchev–Trinajstić information content (AvgIpc) is 3.36. The first kappa shape index (κ1) is 28.7. The number of methoxy groups -OCH3 is 1. The molecule has 1 saturated heterocycles. The first-order valence-corrected chi connectivity index (χ1v) is 13.1. The molecule has 1 aliphatic rings. The van der Waals surface area contributed by atoms with Crippen molar-refractivity contribution in [3.8, 4) is 11.5 Å². The van der Waals surface area contributed by atoms with Crippen LogP contribution >= 0.6 is 11.8 Å². The van der Waals surface area contributed by atoms with Crippen molar-refractivity contribution in [2.24, 2.45) is 25.9 Å². The molecule has 0 aliphatic carbocycles. The van der Waals surface area contributed by atoms with Crippen molar-refractivity contribution in [3.63, 3.8) is 0 Å². The number of thioether (sulfide) groups is 1. The van der Waals surface area contributed by atoms with Gasteiger partial charge in [-0.1, -0.05) is 36.0 Å². The molecule has 0 atom stereocenters. The van der Waals surface area contributed by atoms with Crippen molar-refractivity contribution in [3.05, 3.63) is 82.9 Å².